The van der Waals surface area contributed by atoms with Crippen LogP contribution in [-0.2, 0) is 4.79 Å². The van der Waals surface area contributed by atoms with E-state index in [1.54, 1.807) is 11.8 Å². The predicted molar refractivity (Wildman–Crippen MR) is 100 cm³/mol. The summed E-state index contributed by atoms with van der Waals surface area (Å²) in [5, 5.41) is 7.11. The van der Waals surface area contributed by atoms with E-state index >= 15 is 0 Å². The molecule has 1 unspecified atom stereocenters. The van der Waals surface area contributed by atoms with E-state index in [0.717, 1.165) is 21.2 Å². The van der Waals surface area contributed by atoms with Crippen molar-refractivity contribution in [3.63, 3.8) is 0 Å². The average Bonchev–Trinajstić information content (AvgIpc) is 3.16. The minimum Gasteiger partial charge on any atom is -0.278 e. The first-order chi connectivity index (χ1) is 12.3. The topological polar surface area (TPSA) is 61.9 Å². The Morgan fingerprint density at radius 3 is 2.36 bits per heavy atom. The predicted octanol–water partition coefficient (Wildman–Crippen LogP) is 4.50. The van der Waals surface area contributed by atoms with Gasteiger partial charge in [-0.15, -0.1) is 0 Å². The standard InChI is InChI=1S/C18H16N4OS2/c1-2-14(25-18-19-11-20-21-18)17(23)22-12-7-3-5-9-15(12)24-16-10-6-4-8-13(16)22/h3-11,14H,2H2,1H3,(H,19,20,21). The lowest BCUT2D eigenvalue weighted by Gasteiger charge is -2.33. The zero-order valence-corrected chi connectivity index (χ0v) is 15.2. The number of nitrogens with zero attached hydrogens (tertiary/aromatic N) is 3. The minimum atomic E-state index is -0.239. The molecule has 1 atom stereocenters. The van der Waals surface area contributed by atoms with E-state index in [4.69, 9.17) is 0 Å². The van der Waals surface area contributed by atoms with Gasteiger partial charge in [-0.05, 0) is 30.7 Å². The molecular weight excluding hydrogens is 352 g/mol. The fourth-order valence-electron chi connectivity index (χ4n) is 2.78. The van der Waals surface area contributed by atoms with Gasteiger partial charge in [-0.1, -0.05) is 54.7 Å². The van der Waals surface area contributed by atoms with Gasteiger partial charge in [-0.3, -0.25) is 14.8 Å². The Bertz CT molecular complexity index is 852. The third-order valence-electron chi connectivity index (χ3n) is 3.95. The van der Waals surface area contributed by atoms with Gasteiger partial charge in [-0.2, -0.15) is 5.10 Å². The summed E-state index contributed by atoms with van der Waals surface area (Å²) in [6.45, 7) is 2.02. The molecule has 4 rings (SSSR count). The first-order valence-corrected chi connectivity index (χ1v) is 9.69. The van der Waals surface area contributed by atoms with Crippen LogP contribution in [0, 0.1) is 0 Å². The molecule has 0 radical (unpaired) electrons. The molecule has 3 aromatic rings. The van der Waals surface area contributed by atoms with Gasteiger partial charge >= 0.3 is 0 Å². The lowest BCUT2D eigenvalue weighted by molar-refractivity contribution is -0.117. The van der Waals surface area contributed by atoms with Gasteiger partial charge < -0.3 is 0 Å². The van der Waals surface area contributed by atoms with Crippen molar-refractivity contribution in [2.45, 2.75) is 33.5 Å². The first kappa shape index (κ1) is 16.2. The maximum atomic E-state index is 13.4. The molecule has 1 aliphatic heterocycles. The van der Waals surface area contributed by atoms with Crippen LogP contribution >= 0.6 is 23.5 Å². The Labute approximate surface area is 154 Å². The second-order valence-electron chi connectivity index (χ2n) is 5.52. The fraction of sp³-hybridized carbons (Fsp3) is 0.167. The van der Waals surface area contributed by atoms with E-state index in [1.165, 1.54) is 18.1 Å². The highest BCUT2D eigenvalue weighted by Gasteiger charge is 2.32. The number of aromatic nitrogens is 3. The van der Waals surface area contributed by atoms with E-state index in [-0.39, 0.29) is 11.2 Å². The maximum absolute atomic E-state index is 13.4. The Balaban J connectivity index is 1.74. The van der Waals surface area contributed by atoms with E-state index in [2.05, 4.69) is 27.3 Å². The number of fused-ring (bicyclic) bond motifs is 2. The Morgan fingerprint density at radius 1 is 1.16 bits per heavy atom. The number of anilines is 2. The van der Waals surface area contributed by atoms with Crippen molar-refractivity contribution in [1.82, 2.24) is 15.2 Å². The molecular formula is C18H16N4OS2. The monoisotopic (exact) mass is 368 g/mol. The molecule has 126 valence electrons. The zero-order chi connectivity index (χ0) is 17.2. The van der Waals surface area contributed by atoms with Crippen LogP contribution in [0.1, 0.15) is 13.3 Å². The number of nitrogens with one attached hydrogen (secondary N) is 1. The molecule has 25 heavy (non-hydrogen) atoms. The van der Waals surface area contributed by atoms with Crippen LogP contribution in [0.15, 0.2) is 69.8 Å². The van der Waals surface area contributed by atoms with Crippen molar-refractivity contribution in [1.29, 1.82) is 0 Å². The number of rotatable bonds is 4. The third kappa shape index (κ3) is 3.05. The molecule has 1 amide bonds. The summed E-state index contributed by atoms with van der Waals surface area (Å²) in [7, 11) is 0. The summed E-state index contributed by atoms with van der Waals surface area (Å²) in [5.41, 5.74) is 1.88. The van der Waals surface area contributed by atoms with Crippen LogP contribution in [0.2, 0.25) is 0 Å². The Kier molecular flexibility index (Phi) is 4.50. The molecule has 1 aromatic heterocycles. The normalized spacial score (nSPS) is 13.9. The zero-order valence-electron chi connectivity index (χ0n) is 13.5. The highest BCUT2D eigenvalue weighted by Crippen LogP contribution is 2.48. The Hall–Kier alpha value is -2.25. The number of hydrogen-bond donors (Lipinski definition) is 1. The quantitative estimate of drug-likeness (QED) is 0.687. The van der Waals surface area contributed by atoms with Crippen LogP contribution < -0.4 is 4.90 Å². The molecule has 2 aromatic carbocycles. The van der Waals surface area contributed by atoms with E-state index in [1.807, 2.05) is 48.2 Å². The van der Waals surface area contributed by atoms with Gasteiger partial charge in [0, 0.05) is 9.79 Å². The van der Waals surface area contributed by atoms with Crippen molar-refractivity contribution >= 4 is 40.8 Å². The second-order valence-corrected chi connectivity index (χ2v) is 7.79. The first-order valence-electron chi connectivity index (χ1n) is 8.00. The second kappa shape index (κ2) is 6.93. The van der Waals surface area contributed by atoms with Gasteiger partial charge in [-0.25, -0.2) is 4.98 Å². The van der Waals surface area contributed by atoms with Gasteiger partial charge in [0.2, 0.25) is 5.91 Å². The van der Waals surface area contributed by atoms with E-state index in [9.17, 15) is 4.79 Å². The smallest absolute Gasteiger partial charge is 0.245 e. The molecule has 0 spiro atoms. The SMILES string of the molecule is CCC(Sc1ncn[nH]1)C(=O)N1c2ccccc2Sc2ccccc21. The number of para-hydroxylation sites is 2. The third-order valence-corrected chi connectivity index (χ3v) is 6.32. The number of benzene rings is 2. The number of amides is 1. The Morgan fingerprint density at radius 2 is 1.80 bits per heavy atom. The molecule has 1 N–H and O–H groups in total. The summed E-state index contributed by atoms with van der Waals surface area (Å²) in [5.74, 6) is 0.0594. The minimum absolute atomic E-state index is 0.0594. The highest BCUT2D eigenvalue weighted by molar-refractivity contribution is 8.00. The summed E-state index contributed by atoms with van der Waals surface area (Å²) >= 11 is 3.12. The van der Waals surface area contributed by atoms with Crippen molar-refractivity contribution in [3.05, 3.63) is 54.9 Å². The van der Waals surface area contributed by atoms with Gasteiger partial charge in [0.1, 0.15) is 6.33 Å². The van der Waals surface area contributed by atoms with E-state index in [0.29, 0.717) is 11.6 Å². The highest BCUT2D eigenvalue weighted by atomic mass is 32.2. The number of H-pyrrole nitrogens is 1. The van der Waals surface area contributed by atoms with Gasteiger partial charge in [0.25, 0.3) is 0 Å². The lowest BCUT2D eigenvalue weighted by Crippen LogP contribution is -2.35. The van der Waals surface area contributed by atoms with Crippen molar-refractivity contribution in [3.8, 4) is 0 Å². The van der Waals surface area contributed by atoms with Crippen LogP contribution in [0.5, 0.6) is 0 Å². The molecule has 0 aliphatic carbocycles. The van der Waals surface area contributed by atoms with Crippen molar-refractivity contribution in [2.75, 3.05) is 4.90 Å². The molecule has 7 heteroatoms. The van der Waals surface area contributed by atoms with Crippen LogP contribution in [-0.4, -0.2) is 26.3 Å². The van der Waals surface area contributed by atoms with E-state index < -0.39 is 0 Å². The number of carbonyl (C=O) groups excluding carboxylic acids is 1. The summed E-state index contributed by atoms with van der Waals surface area (Å²) < 4.78 is 0. The van der Waals surface area contributed by atoms with Crippen LogP contribution in [0.4, 0.5) is 11.4 Å². The number of thioether (sulfide) groups is 1. The lowest BCUT2D eigenvalue weighted by atomic mass is 10.2. The van der Waals surface area contributed by atoms with Gasteiger partial charge in [0.15, 0.2) is 5.16 Å². The number of aromatic amines is 1. The van der Waals surface area contributed by atoms with Crippen LogP contribution in [0.25, 0.3) is 0 Å². The number of carbonyl (C=O) groups is 1. The largest absolute Gasteiger partial charge is 0.278 e. The molecule has 5 nitrogen and oxygen atoms in total. The van der Waals surface area contributed by atoms with Crippen LogP contribution in [0.3, 0.4) is 0 Å². The molecule has 0 saturated heterocycles. The fourth-order valence-corrected chi connectivity index (χ4v) is 4.69. The van der Waals surface area contributed by atoms with Crippen molar-refractivity contribution < 1.29 is 4.79 Å². The summed E-state index contributed by atoms with van der Waals surface area (Å²) in [6.07, 6.45) is 2.17. The maximum Gasteiger partial charge on any atom is 0.245 e. The van der Waals surface area contributed by atoms with Crippen molar-refractivity contribution in [2.24, 2.45) is 0 Å². The summed E-state index contributed by atoms with van der Waals surface area (Å²) in [4.78, 5) is 21.6. The molecule has 0 bridgehead atoms. The molecule has 1 aliphatic rings. The summed E-state index contributed by atoms with van der Waals surface area (Å²) in [6, 6.07) is 16.1. The molecule has 0 fully saturated rings. The average molecular weight is 368 g/mol. The number of hydrogen-bond acceptors (Lipinski definition) is 5. The molecule has 0 saturated carbocycles. The molecule has 2 heterocycles. The van der Waals surface area contributed by atoms with Gasteiger partial charge in [0.05, 0.1) is 16.6 Å².